The van der Waals surface area contributed by atoms with Crippen LogP contribution in [0.1, 0.15) is 43.1 Å². The first kappa shape index (κ1) is 24.3. The van der Waals surface area contributed by atoms with E-state index in [1.165, 1.54) is 5.39 Å². The molecule has 0 fully saturated rings. The Kier molecular flexibility index (Phi) is 8.12. The molecule has 0 N–H and O–H groups in total. The van der Waals surface area contributed by atoms with E-state index < -0.39 is 15.3 Å². The van der Waals surface area contributed by atoms with Crippen molar-refractivity contribution in [2.75, 3.05) is 31.9 Å². The lowest BCUT2D eigenvalue weighted by Crippen LogP contribution is -2.36. The van der Waals surface area contributed by atoms with E-state index in [-0.39, 0.29) is 0 Å². The fraction of sp³-hybridized carbons (Fsp3) is 0.407. The lowest BCUT2D eigenvalue weighted by atomic mass is 10.1. The molecule has 1 atom stereocenters. The van der Waals surface area contributed by atoms with E-state index in [0.717, 1.165) is 53.9 Å². The standard InChI is InChI=1S/C27H34N2O2S2/c1-3-28(4-2)17-9-10-18-29(20-22-15-16-23-11-5-6-12-24(23)19-22)33(30,31)27-21-32-26-14-8-7-13-25(26)27/h5-8,11-16,19,27H,3-4,9-10,17-18,20-21H2,1-2H3. The third kappa shape index (κ3) is 5.62. The van der Waals surface area contributed by atoms with Gasteiger partial charge in [-0.05, 0) is 66.5 Å². The molecule has 0 saturated carbocycles. The Morgan fingerprint density at radius 2 is 1.58 bits per heavy atom. The summed E-state index contributed by atoms with van der Waals surface area (Å²) in [5.41, 5.74) is 1.99. The van der Waals surface area contributed by atoms with Crippen molar-refractivity contribution in [2.24, 2.45) is 0 Å². The van der Waals surface area contributed by atoms with E-state index in [0.29, 0.717) is 18.8 Å². The van der Waals surface area contributed by atoms with Gasteiger partial charge in [0.15, 0.2) is 0 Å². The molecular weight excluding hydrogens is 448 g/mol. The van der Waals surface area contributed by atoms with E-state index >= 15 is 0 Å². The van der Waals surface area contributed by atoms with Crippen LogP contribution in [-0.4, -0.2) is 49.6 Å². The third-order valence-corrected chi connectivity index (χ3v) is 10.1. The third-order valence-electron chi connectivity index (χ3n) is 6.57. The SMILES string of the molecule is CCN(CC)CCCCN(Cc1ccc2ccccc2c1)S(=O)(=O)C1CSc2ccccc21. The van der Waals surface area contributed by atoms with Crippen molar-refractivity contribution in [3.8, 4) is 0 Å². The summed E-state index contributed by atoms with van der Waals surface area (Å²) in [6, 6.07) is 22.5. The maximum Gasteiger partial charge on any atom is 0.222 e. The van der Waals surface area contributed by atoms with E-state index in [2.05, 4.69) is 49.1 Å². The molecule has 4 rings (SSSR count). The predicted octanol–water partition coefficient (Wildman–Crippen LogP) is 5.94. The van der Waals surface area contributed by atoms with Crippen molar-refractivity contribution in [2.45, 2.75) is 43.4 Å². The minimum absolute atomic E-state index is 0.418. The van der Waals surface area contributed by atoms with Crippen LogP contribution >= 0.6 is 11.8 Å². The second kappa shape index (κ2) is 11.0. The van der Waals surface area contributed by atoms with Crippen LogP contribution in [0, 0.1) is 0 Å². The van der Waals surface area contributed by atoms with Gasteiger partial charge in [-0.15, -0.1) is 11.8 Å². The van der Waals surface area contributed by atoms with Gasteiger partial charge in [-0.25, -0.2) is 8.42 Å². The van der Waals surface area contributed by atoms with Gasteiger partial charge in [0.2, 0.25) is 10.0 Å². The normalized spacial score (nSPS) is 16.1. The molecule has 0 aromatic heterocycles. The van der Waals surface area contributed by atoms with E-state index in [9.17, 15) is 8.42 Å². The highest BCUT2D eigenvalue weighted by Gasteiger charge is 2.38. The zero-order valence-corrected chi connectivity index (χ0v) is 21.2. The Morgan fingerprint density at radius 1 is 0.879 bits per heavy atom. The maximum atomic E-state index is 13.9. The minimum Gasteiger partial charge on any atom is -0.304 e. The van der Waals surface area contributed by atoms with Crippen LogP contribution in [0.3, 0.4) is 0 Å². The summed E-state index contributed by atoms with van der Waals surface area (Å²) >= 11 is 1.65. The van der Waals surface area contributed by atoms with E-state index in [4.69, 9.17) is 0 Å². The van der Waals surface area contributed by atoms with Crippen LogP contribution < -0.4 is 0 Å². The summed E-state index contributed by atoms with van der Waals surface area (Å²) in [6.07, 6.45) is 1.87. The Balaban J connectivity index is 1.56. The number of hydrogen-bond acceptors (Lipinski definition) is 4. The van der Waals surface area contributed by atoms with Crippen LogP contribution in [-0.2, 0) is 16.6 Å². The maximum absolute atomic E-state index is 13.9. The number of hydrogen-bond donors (Lipinski definition) is 0. The van der Waals surface area contributed by atoms with Gasteiger partial charge in [0, 0.05) is 23.7 Å². The monoisotopic (exact) mass is 482 g/mol. The van der Waals surface area contributed by atoms with Gasteiger partial charge in [0.25, 0.3) is 0 Å². The zero-order valence-electron chi connectivity index (χ0n) is 19.6. The van der Waals surface area contributed by atoms with Crippen LogP contribution in [0.5, 0.6) is 0 Å². The molecule has 0 aliphatic carbocycles. The highest BCUT2D eigenvalue weighted by atomic mass is 32.2. The minimum atomic E-state index is -3.48. The Labute approximate surface area is 203 Å². The molecule has 0 spiro atoms. The number of benzene rings is 3. The average molecular weight is 483 g/mol. The van der Waals surface area contributed by atoms with Crippen molar-refractivity contribution < 1.29 is 8.42 Å². The first-order chi connectivity index (χ1) is 16.0. The second-order valence-corrected chi connectivity index (χ2v) is 11.8. The first-order valence-electron chi connectivity index (χ1n) is 11.9. The summed E-state index contributed by atoms with van der Waals surface area (Å²) in [5, 5.41) is 1.86. The van der Waals surface area contributed by atoms with Crippen molar-refractivity contribution in [3.63, 3.8) is 0 Å². The molecule has 0 bridgehead atoms. The molecule has 1 aliphatic heterocycles. The Morgan fingerprint density at radius 3 is 2.36 bits per heavy atom. The summed E-state index contributed by atoms with van der Waals surface area (Å²) < 4.78 is 29.6. The molecule has 0 amide bonds. The molecule has 176 valence electrons. The van der Waals surface area contributed by atoms with Crippen molar-refractivity contribution in [1.82, 2.24) is 9.21 Å². The Hall–Kier alpha value is -1.86. The quantitative estimate of drug-likeness (QED) is 0.317. The van der Waals surface area contributed by atoms with Gasteiger partial charge in [-0.1, -0.05) is 68.4 Å². The molecule has 1 heterocycles. The first-order valence-corrected chi connectivity index (χ1v) is 14.4. The summed E-state index contributed by atoms with van der Waals surface area (Å²) in [4.78, 5) is 3.49. The summed E-state index contributed by atoms with van der Waals surface area (Å²) in [5.74, 6) is 0.593. The summed E-state index contributed by atoms with van der Waals surface area (Å²) in [6.45, 7) is 8.41. The highest BCUT2D eigenvalue weighted by Crippen LogP contribution is 2.43. The molecule has 33 heavy (non-hydrogen) atoms. The molecule has 1 aliphatic rings. The van der Waals surface area contributed by atoms with Crippen LogP contribution in [0.4, 0.5) is 0 Å². The molecule has 0 radical (unpaired) electrons. The number of fused-ring (bicyclic) bond motifs is 2. The van der Waals surface area contributed by atoms with Crippen LogP contribution in [0.15, 0.2) is 71.6 Å². The van der Waals surface area contributed by atoms with E-state index in [1.54, 1.807) is 16.1 Å². The lowest BCUT2D eigenvalue weighted by Gasteiger charge is -2.27. The number of thioether (sulfide) groups is 1. The molecule has 3 aromatic carbocycles. The van der Waals surface area contributed by atoms with Crippen molar-refractivity contribution in [1.29, 1.82) is 0 Å². The Bertz CT molecular complexity index is 1180. The fourth-order valence-electron chi connectivity index (χ4n) is 4.56. The molecule has 0 saturated heterocycles. The van der Waals surface area contributed by atoms with Crippen molar-refractivity contribution >= 4 is 32.6 Å². The number of nitrogens with zero attached hydrogens (tertiary/aromatic N) is 2. The fourth-order valence-corrected chi connectivity index (χ4v) is 8.19. The topological polar surface area (TPSA) is 40.6 Å². The predicted molar refractivity (Wildman–Crippen MR) is 140 cm³/mol. The van der Waals surface area contributed by atoms with Gasteiger partial charge in [0.05, 0.1) is 0 Å². The molecule has 4 nitrogen and oxygen atoms in total. The molecule has 3 aromatic rings. The molecule has 1 unspecified atom stereocenters. The summed E-state index contributed by atoms with van der Waals surface area (Å²) in [7, 11) is -3.48. The van der Waals surface area contributed by atoms with Gasteiger partial charge >= 0.3 is 0 Å². The van der Waals surface area contributed by atoms with Gasteiger partial charge in [0.1, 0.15) is 5.25 Å². The molecule has 6 heteroatoms. The lowest BCUT2D eigenvalue weighted by molar-refractivity contribution is 0.289. The average Bonchev–Trinajstić information content (AvgIpc) is 3.28. The second-order valence-electron chi connectivity index (χ2n) is 8.63. The smallest absolute Gasteiger partial charge is 0.222 e. The largest absolute Gasteiger partial charge is 0.304 e. The van der Waals surface area contributed by atoms with E-state index in [1.807, 2.05) is 36.4 Å². The van der Waals surface area contributed by atoms with Gasteiger partial charge in [-0.2, -0.15) is 4.31 Å². The van der Waals surface area contributed by atoms with Crippen LogP contribution in [0.25, 0.3) is 10.8 Å². The zero-order chi connectivity index (χ0) is 23.3. The van der Waals surface area contributed by atoms with Crippen molar-refractivity contribution in [3.05, 3.63) is 77.9 Å². The van der Waals surface area contributed by atoms with Gasteiger partial charge in [-0.3, -0.25) is 0 Å². The highest BCUT2D eigenvalue weighted by molar-refractivity contribution is 8.01. The number of sulfonamides is 1. The molecular formula is C27H34N2O2S2. The number of rotatable bonds is 11. The van der Waals surface area contributed by atoms with Gasteiger partial charge < -0.3 is 4.90 Å². The van der Waals surface area contributed by atoms with Crippen LogP contribution in [0.2, 0.25) is 0 Å². The number of unbranched alkanes of at least 4 members (excludes halogenated alkanes) is 1.